The van der Waals surface area contributed by atoms with Crippen molar-refractivity contribution in [2.75, 3.05) is 31.5 Å². The number of rotatable bonds is 4. The number of aromatic nitrogens is 2. The Morgan fingerprint density at radius 3 is 3.00 bits per heavy atom. The van der Waals surface area contributed by atoms with Gasteiger partial charge in [-0.1, -0.05) is 11.3 Å². The highest BCUT2D eigenvalue weighted by atomic mass is 32.1. The Morgan fingerprint density at radius 2 is 2.35 bits per heavy atom. The lowest BCUT2D eigenvalue weighted by molar-refractivity contribution is -0.143. The Hall–Kier alpha value is -1.42. The topological polar surface area (TPSA) is 70.2 Å². The van der Waals surface area contributed by atoms with Crippen molar-refractivity contribution in [3.63, 3.8) is 0 Å². The van der Waals surface area contributed by atoms with Crippen molar-refractivity contribution >= 4 is 22.5 Å². The average Bonchev–Trinajstić information content (AvgIpc) is 2.96. The summed E-state index contributed by atoms with van der Waals surface area (Å²) < 4.78 is 36.7. The summed E-state index contributed by atoms with van der Waals surface area (Å²) in [4.78, 5) is 12.9. The molecule has 0 saturated carbocycles. The first-order valence-corrected chi connectivity index (χ1v) is 6.90. The summed E-state index contributed by atoms with van der Waals surface area (Å²) in [6.07, 6.45) is -3.52. The van der Waals surface area contributed by atoms with Gasteiger partial charge in [-0.3, -0.25) is 10.2 Å². The van der Waals surface area contributed by atoms with Crippen LogP contribution in [0.1, 0.15) is 6.42 Å². The molecule has 1 aromatic heterocycles. The molecular weight excluding hydrogens is 295 g/mol. The Bertz CT molecular complexity index is 439. The number of alkyl halides is 3. The molecule has 2 N–H and O–H groups in total. The molecule has 0 aromatic carbocycles. The zero-order chi connectivity index (χ0) is 14.6. The van der Waals surface area contributed by atoms with Crippen LogP contribution >= 0.6 is 11.3 Å². The second-order valence-electron chi connectivity index (χ2n) is 4.58. The molecule has 0 spiro atoms. The van der Waals surface area contributed by atoms with Crippen molar-refractivity contribution in [1.29, 1.82) is 0 Å². The summed E-state index contributed by atoms with van der Waals surface area (Å²) in [5.41, 5.74) is 1.49. The quantitative estimate of drug-likeness (QED) is 0.885. The van der Waals surface area contributed by atoms with E-state index < -0.39 is 18.8 Å². The third-order valence-electron chi connectivity index (χ3n) is 2.90. The first-order valence-electron chi connectivity index (χ1n) is 6.02. The summed E-state index contributed by atoms with van der Waals surface area (Å²) in [5, 5.41) is 12.7. The highest BCUT2D eigenvalue weighted by molar-refractivity contribution is 7.13. The van der Waals surface area contributed by atoms with Crippen LogP contribution in [0, 0.1) is 5.92 Å². The van der Waals surface area contributed by atoms with Crippen LogP contribution in [0.25, 0.3) is 0 Å². The van der Waals surface area contributed by atoms with E-state index in [9.17, 15) is 18.0 Å². The first-order chi connectivity index (χ1) is 9.42. The van der Waals surface area contributed by atoms with Gasteiger partial charge in [0.2, 0.25) is 5.13 Å². The van der Waals surface area contributed by atoms with Gasteiger partial charge < -0.3 is 5.32 Å². The van der Waals surface area contributed by atoms with E-state index in [1.54, 1.807) is 0 Å². The number of carbonyl (C=O) groups excluding carboxylic acids is 1. The second-order valence-corrected chi connectivity index (χ2v) is 5.42. The maximum Gasteiger partial charge on any atom is 0.401 e. The number of amides is 2. The monoisotopic (exact) mass is 309 g/mol. The molecule has 2 amide bonds. The number of halogens is 3. The minimum absolute atomic E-state index is 0.0394. The van der Waals surface area contributed by atoms with Gasteiger partial charge in [0.15, 0.2) is 0 Å². The highest BCUT2D eigenvalue weighted by Crippen LogP contribution is 2.22. The van der Waals surface area contributed by atoms with Gasteiger partial charge >= 0.3 is 12.2 Å². The predicted molar refractivity (Wildman–Crippen MR) is 67.5 cm³/mol. The molecule has 0 bridgehead atoms. The van der Waals surface area contributed by atoms with E-state index in [1.165, 1.54) is 21.7 Å². The summed E-state index contributed by atoms with van der Waals surface area (Å²) in [5.74, 6) is 0.0394. The van der Waals surface area contributed by atoms with Gasteiger partial charge in [0.05, 0.1) is 6.54 Å². The molecule has 1 aliphatic heterocycles. The molecule has 1 fully saturated rings. The van der Waals surface area contributed by atoms with Crippen LogP contribution in [0.15, 0.2) is 5.51 Å². The second kappa shape index (κ2) is 6.35. The minimum Gasteiger partial charge on any atom is -0.337 e. The maximum absolute atomic E-state index is 12.2. The van der Waals surface area contributed by atoms with Gasteiger partial charge in [-0.05, 0) is 18.9 Å². The van der Waals surface area contributed by atoms with Crippen molar-refractivity contribution in [3.8, 4) is 0 Å². The van der Waals surface area contributed by atoms with Crippen LogP contribution in [0.4, 0.5) is 23.1 Å². The van der Waals surface area contributed by atoms with Gasteiger partial charge in [0, 0.05) is 13.1 Å². The fourth-order valence-corrected chi connectivity index (χ4v) is 2.52. The SMILES string of the molecule is O=C(NC[C@H]1CCN(CC(F)(F)F)C1)Nc1nncs1. The van der Waals surface area contributed by atoms with Crippen LogP contribution in [0.5, 0.6) is 0 Å². The fraction of sp³-hybridized carbons (Fsp3) is 0.700. The minimum atomic E-state index is -4.17. The summed E-state index contributed by atoms with van der Waals surface area (Å²) in [6, 6.07) is -0.420. The Balaban J connectivity index is 1.66. The molecule has 10 heteroatoms. The summed E-state index contributed by atoms with van der Waals surface area (Å²) in [7, 11) is 0. The molecule has 1 aliphatic rings. The molecule has 2 rings (SSSR count). The number of likely N-dealkylation sites (tertiary alicyclic amines) is 1. The van der Waals surface area contributed by atoms with Crippen molar-refractivity contribution < 1.29 is 18.0 Å². The molecule has 0 radical (unpaired) electrons. The van der Waals surface area contributed by atoms with E-state index in [1.807, 2.05) is 0 Å². The summed E-state index contributed by atoms with van der Waals surface area (Å²) in [6.45, 7) is 0.210. The van der Waals surface area contributed by atoms with Crippen molar-refractivity contribution in [2.24, 2.45) is 5.92 Å². The molecule has 0 aliphatic carbocycles. The van der Waals surface area contributed by atoms with E-state index in [2.05, 4.69) is 20.8 Å². The third kappa shape index (κ3) is 4.93. The van der Waals surface area contributed by atoms with E-state index in [0.29, 0.717) is 31.2 Å². The Labute approximate surface area is 117 Å². The predicted octanol–water partition coefficient (Wildman–Crippen LogP) is 1.54. The number of hydrogen-bond acceptors (Lipinski definition) is 5. The number of nitrogens with one attached hydrogen (secondary N) is 2. The van der Waals surface area contributed by atoms with Gasteiger partial charge in [-0.25, -0.2) is 4.79 Å². The third-order valence-corrected chi connectivity index (χ3v) is 3.51. The molecule has 6 nitrogen and oxygen atoms in total. The zero-order valence-electron chi connectivity index (χ0n) is 10.5. The zero-order valence-corrected chi connectivity index (χ0v) is 11.3. The lowest BCUT2D eigenvalue weighted by Gasteiger charge is -2.17. The van der Waals surface area contributed by atoms with Gasteiger partial charge in [-0.15, -0.1) is 10.2 Å². The van der Waals surface area contributed by atoms with E-state index in [-0.39, 0.29) is 5.92 Å². The molecule has 20 heavy (non-hydrogen) atoms. The van der Waals surface area contributed by atoms with Gasteiger partial charge in [0.1, 0.15) is 5.51 Å². The molecule has 2 heterocycles. The average molecular weight is 309 g/mol. The van der Waals surface area contributed by atoms with Gasteiger partial charge in [-0.2, -0.15) is 13.2 Å². The van der Waals surface area contributed by atoms with Crippen LogP contribution < -0.4 is 10.6 Å². The molecule has 1 atom stereocenters. The number of nitrogens with zero attached hydrogens (tertiary/aromatic N) is 3. The van der Waals surface area contributed by atoms with Crippen LogP contribution in [-0.2, 0) is 0 Å². The van der Waals surface area contributed by atoms with Gasteiger partial charge in [0.25, 0.3) is 0 Å². The number of anilines is 1. The Morgan fingerprint density at radius 1 is 1.55 bits per heavy atom. The van der Waals surface area contributed by atoms with Crippen molar-refractivity contribution in [1.82, 2.24) is 20.4 Å². The fourth-order valence-electron chi connectivity index (χ4n) is 2.08. The highest BCUT2D eigenvalue weighted by Gasteiger charge is 2.34. The van der Waals surface area contributed by atoms with Crippen LogP contribution in [-0.4, -0.2) is 53.5 Å². The number of hydrogen-bond donors (Lipinski definition) is 2. The lowest BCUT2D eigenvalue weighted by Crippen LogP contribution is -2.36. The molecule has 0 unspecified atom stereocenters. The lowest BCUT2D eigenvalue weighted by atomic mass is 10.1. The first kappa shape index (κ1) is 15.0. The van der Waals surface area contributed by atoms with E-state index in [4.69, 9.17) is 0 Å². The van der Waals surface area contributed by atoms with E-state index >= 15 is 0 Å². The standard InChI is InChI=1S/C10H14F3N5OS/c11-10(12,13)5-18-2-1-7(4-18)3-14-8(19)16-9-17-15-6-20-9/h6-7H,1-5H2,(H2,14,16,17,19)/t7-/m1/s1. The molecular formula is C10H14F3N5OS. The maximum atomic E-state index is 12.2. The van der Waals surface area contributed by atoms with Crippen LogP contribution in [0.2, 0.25) is 0 Å². The van der Waals surface area contributed by atoms with E-state index in [0.717, 1.165) is 0 Å². The smallest absolute Gasteiger partial charge is 0.337 e. The van der Waals surface area contributed by atoms with Crippen LogP contribution in [0.3, 0.4) is 0 Å². The normalized spacial score (nSPS) is 20.1. The number of carbonyl (C=O) groups is 1. The number of urea groups is 1. The largest absolute Gasteiger partial charge is 0.401 e. The molecule has 1 aromatic rings. The van der Waals surface area contributed by atoms with Crippen molar-refractivity contribution in [3.05, 3.63) is 5.51 Å². The molecule has 1 saturated heterocycles. The molecule has 112 valence electrons. The van der Waals surface area contributed by atoms with Crippen molar-refractivity contribution in [2.45, 2.75) is 12.6 Å². The Kier molecular flexibility index (Phi) is 4.76. The summed E-state index contributed by atoms with van der Waals surface area (Å²) >= 11 is 1.19.